The number of carbonyl (C=O) groups excluding carboxylic acids is 1. The molecule has 0 atom stereocenters. The van der Waals surface area contributed by atoms with Crippen LogP contribution in [0, 0.1) is 3.70 Å². The third kappa shape index (κ3) is 4.27. The maximum atomic E-state index is 12.9. The molecule has 1 amide bonds. The molecule has 26 heavy (non-hydrogen) atoms. The van der Waals surface area contributed by atoms with Crippen LogP contribution < -0.4 is 4.90 Å². The number of carbonyl (C=O) groups is 1. The molecule has 1 aromatic carbocycles. The Morgan fingerprint density at radius 1 is 1.31 bits per heavy atom. The zero-order valence-corrected chi connectivity index (χ0v) is 17.5. The molecule has 0 bridgehead atoms. The van der Waals surface area contributed by atoms with E-state index in [4.69, 9.17) is 16.3 Å². The van der Waals surface area contributed by atoms with Crippen LogP contribution in [-0.4, -0.2) is 26.3 Å². The third-order valence-corrected chi connectivity index (χ3v) is 4.39. The Morgan fingerprint density at radius 3 is 2.65 bits per heavy atom. The minimum atomic E-state index is -0.622. The monoisotopic (exact) mass is 484 g/mol. The molecule has 0 spiro atoms. The quantitative estimate of drug-likeness (QED) is 0.495. The van der Waals surface area contributed by atoms with Crippen LogP contribution in [0.2, 0.25) is 5.15 Å². The van der Waals surface area contributed by atoms with Crippen LogP contribution >= 0.6 is 34.2 Å². The predicted octanol–water partition coefficient (Wildman–Crippen LogP) is 4.93. The molecule has 0 saturated carbocycles. The molecule has 0 aliphatic heterocycles. The molecule has 2 heterocycles. The minimum absolute atomic E-state index is 0.269. The SMILES string of the molecule is CC(C)(C)OC(=O)N(Cc1ccccc1)c1cc(Cl)nn2c(I)cnc12. The molecule has 0 aliphatic carbocycles. The van der Waals surface area contributed by atoms with Crippen molar-refractivity contribution < 1.29 is 9.53 Å². The van der Waals surface area contributed by atoms with Gasteiger partial charge in [-0.25, -0.2) is 14.3 Å². The highest BCUT2D eigenvalue weighted by molar-refractivity contribution is 14.1. The second kappa shape index (κ2) is 7.40. The minimum Gasteiger partial charge on any atom is -0.443 e. The Labute approximate surface area is 170 Å². The first-order chi connectivity index (χ1) is 12.2. The number of imidazole rings is 1. The van der Waals surface area contributed by atoms with Gasteiger partial charge in [-0.15, -0.1) is 0 Å². The molecule has 0 N–H and O–H groups in total. The number of hydrogen-bond donors (Lipinski definition) is 0. The Bertz CT molecular complexity index is 938. The van der Waals surface area contributed by atoms with E-state index in [1.165, 1.54) is 4.90 Å². The smallest absolute Gasteiger partial charge is 0.415 e. The van der Waals surface area contributed by atoms with E-state index in [2.05, 4.69) is 32.7 Å². The molecule has 6 nitrogen and oxygen atoms in total. The van der Waals surface area contributed by atoms with Crippen molar-refractivity contribution in [1.82, 2.24) is 14.6 Å². The number of benzene rings is 1. The van der Waals surface area contributed by atoms with Gasteiger partial charge in [0, 0.05) is 6.07 Å². The highest BCUT2D eigenvalue weighted by atomic mass is 127. The number of anilines is 1. The fraction of sp³-hybridized carbons (Fsp3) is 0.278. The summed E-state index contributed by atoms with van der Waals surface area (Å²) in [6.45, 7) is 5.83. The van der Waals surface area contributed by atoms with Crippen LogP contribution in [0.5, 0.6) is 0 Å². The number of halogens is 2. The van der Waals surface area contributed by atoms with Crippen LogP contribution in [0.3, 0.4) is 0 Å². The Hall–Kier alpha value is -1.87. The van der Waals surface area contributed by atoms with E-state index in [1.807, 2.05) is 51.1 Å². The maximum absolute atomic E-state index is 12.9. The van der Waals surface area contributed by atoms with Gasteiger partial charge in [0.15, 0.2) is 10.8 Å². The first-order valence-corrected chi connectivity index (χ1v) is 9.44. The molecule has 0 fully saturated rings. The van der Waals surface area contributed by atoms with Crippen LogP contribution in [0.25, 0.3) is 5.65 Å². The highest BCUT2D eigenvalue weighted by Crippen LogP contribution is 2.28. The van der Waals surface area contributed by atoms with Gasteiger partial charge in [-0.3, -0.25) is 4.90 Å². The summed E-state index contributed by atoms with van der Waals surface area (Å²) >= 11 is 8.31. The van der Waals surface area contributed by atoms with E-state index in [0.29, 0.717) is 17.9 Å². The van der Waals surface area contributed by atoms with Crippen molar-refractivity contribution in [2.24, 2.45) is 0 Å². The van der Waals surface area contributed by atoms with Crippen molar-refractivity contribution in [1.29, 1.82) is 0 Å². The summed E-state index contributed by atoms with van der Waals surface area (Å²) in [7, 11) is 0. The average Bonchev–Trinajstić information content (AvgIpc) is 2.92. The molecule has 0 radical (unpaired) electrons. The molecule has 2 aromatic heterocycles. The summed E-state index contributed by atoms with van der Waals surface area (Å²) in [5, 5.41) is 4.52. The molecular formula is C18H18ClIN4O2. The van der Waals surface area contributed by atoms with E-state index in [-0.39, 0.29) is 5.15 Å². The zero-order valence-electron chi connectivity index (χ0n) is 14.6. The van der Waals surface area contributed by atoms with Gasteiger partial charge in [-0.1, -0.05) is 41.9 Å². The van der Waals surface area contributed by atoms with Crippen molar-refractivity contribution in [2.45, 2.75) is 32.9 Å². The first kappa shape index (κ1) is 18.9. The normalized spacial score (nSPS) is 11.6. The van der Waals surface area contributed by atoms with E-state index in [9.17, 15) is 4.79 Å². The Balaban J connectivity index is 2.10. The van der Waals surface area contributed by atoms with E-state index in [1.54, 1.807) is 16.8 Å². The summed E-state index contributed by atoms with van der Waals surface area (Å²) in [6.07, 6.45) is 1.21. The van der Waals surface area contributed by atoms with E-state index in [0.717, 1.165) is 9.26 Å². The Morgan fingerprint density at radius 2 is 2.00 bits per heavy atom. The van der Waals surface area contributed by atoms with Gasteiger partial charge in [0.1, 0.15) is 9.30 Å². The van der Waals surface area contributed by atoms with Gasteiger partial charge in [-0.05, 0) is 48.9 Å². The lowest BCUT2D eigenvalue weighted by Gasteiger charge is -2.27. The van der Waals surface area contributed by atoms with Gasteiger partial charge < -0.3 is 4.74 Å². The average molecular weight is 485 g/mol. The topological polar surface area (TPSA) is 59.7 Å². The lowest BCUT2D eigenvalue weighted by molar-refractivity contribution is 0.0577. The lowest BCUT2D eigenvalue weighted by Crippen LogP contribution is -2.37. The van der Waals surface area contributed by atoms with Gasteiger partial charge in [-0.2, -0.15) is 5.10 Å². The van der Waals surface area contributed by atoms with E-state index >= 15 is 0 Å². The number of rotatable bonds is 3. The van der Waals surface area contributed by atoms with Crippen LogP contribution in [0.15, 0.2) is 42.6 Å². The molecule has 3 rings (SSSR count). The summed E-state index contributed by atoms with van der Waals surface area (Å²) in [5.41, 5.74) is 1.43. The molecular weight excluding hydrogens is 467 g/mol. The number of fused-ring (bicyclic) bond motifs is 1. The van der Waals surface area contributed by atoms with Crippen molar-refractivity contribution in [3.63, 3.8) is 0 Å². The van der Waals surface area contributed by atoms with Crippen LogP contribution in [-0.2, 0) is 11.3 Å². The fourth-order valence-electron chi connectivity index (χ4n) is 2.43. The summed E-state index contributed by atoms with van der Waals surface area (Å²) < 4.78 is 8.01. The van der Waals surface area contributed by atoms with E-state index < -0.39 is 11.7 Å². The summed E-state index contributed by atoms with van der Waals surface area (Å²) in [5.74, 6) is 0. The number of aromatic nitrogens is 3. The zero-order chi connectivity index (χ0) is 18.9. The summed E-state index contributed by atoms with van der Waals surface area (Å²) in [6, 6.07) is 11.3. The van der Waals surface area contributed by atoms with Crippen LogP contribution in [0.1, 0.15) is 26.3 Å². The van der Waals surface area contributed by atoms with Crippen molar-refractivity contribution >= 4 is 51.6 Å². The molecule has 8 heteroatoms. The molecule has 3 aromatic rings. The predicted molar refractivity (Wildman–Crippen MR) is 110 cm³/mol. The molecule has 0 saturated heterocycles. The third-order valence-electron chi connectivity index (χ3n) is 3.46. The Kier molecular flexibility index (Phi) is 5.38. The second-order valence-corrected chi connectivity index (χ2v) is 8.21. The largest absolute Gasteiger partial charge is 0.443 e. The standard InChI is InChI=1S/C18H18ClIN4O2/c1-18(2,3)26-17(25)23(11-12-7-5-4-6-8-12)13-9-14(19)22-24-15(20)10-21-16(13)24/h4-10H,11H2,1-3H3. The fourth-order valence-corrected chi connectivity index (χ4v) is 3.08. The highest BCUT2D eigenvalue weighted by Gasteiger charge is 2.26. The second-order valence-electron chi connectivity index (χ2n) is 6.72. The summed E-state index contributed by atoms with van der Waals surface area (Å²) in [4.78, 5) is 18.8. The van der Waals surface area contributed by atoms with Crippen LogP contribution in [0.4, 0.5) is 10.5 Å². The first-order valence-electron chi connectivity index (χ1n) is 7.99. The molecule has 0 unspecified atom stereocenters. The van der Waals surface area contributed by atoms with Gasteiger partial charge in [0.05, 0.1) is 18.4 Å². The van der Waals surface area contributed by atoms with Crippen molar-refractivity contribution in [3.8, 4) is 0 Å². The number of amides is 1. The molecule has 0 aliphatic rings. The van der Waals surface area contributed by atoms with Gasteiger partial charge in [0.25, 0.3) is 0 Å². The molecule has 136 valence electrons. The number of ether oxygens (including phenoxy) is 1. The lowest BCUT2D eigenvalue weighted by atomic mass is 10.2. The number of hydrogen-bond acceptors (Lipinski definition) is 4. The maximum Gasteiger partial charge on any atom is 0.415 e. The van der Waals surface area contributed by atoms with Gasteiger partial charge in [0.2, 0.25) is 0 Å². The van der Waals surface area contributed by atoms with Gasteiger partial charge >= 0.3 is 6.09 Å². The number of nitrogens with zero attached hydrogens (tertiary/aromatic N) is 4. The van der Waals surface area contributed by atoms with Crippen molar-refractivity contribution in [3.05, 3.63) is 57.0 Å². The van der Waals surface area contributed by atoms with Crippen molar-refractivity contribution in [2.75, 3.05) is 4.90 Å².